The van der Waals surface area contributed by atoms with E-state index in [-0.39, 0.29) is 4.90 Å². The third kappa shape index (κ3) is 3.01. The highest BCUT2D eigenvalue weighted by molar-refractivity contribution is 7.92. The van der Waals surface area contributed by atoms with Gasteiger partial charge in [0.1, 0.15) is 10.7 Å². The maximum Gasteiger partial charge on any atom is 0.264 e. The maximum absolute atomic E-state index is 12.8. The summed E-state index contributed by atoms with van der Waals surface area (Å²) < 4.78 is 29.9. The van der Waals surface area contributed by atoms with E-state index < -0.39 is 10.0 Å². The van der Waals surface area contributed by atoms with Gasteiger partial charge in [0.15, 0.2) is 5.65 Å². The summed E-state index contributed by atoms with van der Waals surface area (Å²) in [5, 5.41) is 4.40. The van der Waals surface area contributed by atoms with Crippen LogP contribution in [0.2, 0.25) is 0 Å². The van der Waals surface area contributed by atoms with E-state index in [2.05, 4.69) is 14.8 Å². The van der Waals surface area contributed by atoms with Crippen LogP contribution in [-0.4, -0.2) is 28.0 Å². The summed E-state index contributed by atoms with van der Waals surface area (Å²) in [5.41, 5.74) is 3.35. The molecule has 1 fully saturated rings. The SMILES string of the molecule is O=S(=O)(Nc1cc(-c2ccccc2)nc2c(C3CC3)cnn12)c1cccnc1. The van der Waals surface area contributed by atoms with Crippen molar-refractivity contribution in [2.75, 3.05) is 4.72 Å². The van der Waals surface area contributed by atoms with Crippen molar-refractivity contribution in [1.29, 1.82) is 0 Å². The Balaban J connectivity index is 1.67. The van der Waals surface area contributed by atoms with Crippen molar-refractivity contribution in [2.45, 2.75) is 23.7 Å². The fourth-order valence-corrected chi connectivity index (χ4v) is 4.19. The minimum Gasteiger partial charge on any atom is -0.263 e. The number of pyridine rings is 1. The van der Waals surface area contributed by atoms with Gasteiger partial charge in [-0.3, -0.25) is 9.71 Å². The molecule has 4 aromatic rings. The Kier molecular flexibility index (Phi) is 3.87. The quantitative estimate of drug-likeness (QED) is 0.563. The molecule has 1 saturated carbocycles. The fourth-order valence-electron chi connectivity index (χ4n) is 3.19. The Morgan fingerprint density at radius 3 is 2.57 bits per heavy atom. The standard InChI is InChI=1S/C20H17N5O2S/c26-28(27,16-7-4-10-21-12-16)24-19-11-18(15-5-2-1-3-6-15)23-20-17(14-8-9-14)13-22-25(19)20/h1-7,10-14,24H,8-9H2. The summed E-state index contributed by atoms with van der Waals surface area (Å²) in [6, 6.07) is 14.5. The third-order valence-corrected chi connectivity index (χ3v) is 6.11. The number of fused-ring (bicyclic) bond motifs is 1. The smallest absolute Gasteiger partial charge is 0.263 e. The number of nitrogens with one attached hydrogen (secondary N) is 1. The Morgan fingerprint density at radius 1 is 1.04 bits per heavy atom. The molecule has 0 atom stereocenters. The van der Waals surface area contributed by atoms with Crippen molar-refractivity contribution in [1.82, 2.24) is 19.6 Å². The predicted octanol–water partition coefficient (Wildman–Crippen LogP) is 3.47. The van der Waals surface area contributed by atoms with Crippen LogP contribution in [0.15, 0.2) is 72.0 Å². The van der Waals surface area contributed by atoms with Gasteiger partial charge in [0, 0.05) is 29.6 Å². The first-order valence-corrected chi connectivity index (χ1v) is 10.5. The normalized spacial score (nSPS) is 14.3. The lowest BCUT2D eigenvalue weighted by molar-refractivity contribution is 0.600. The number of hydrogen-bond acceptors (Lipinski definition) is 5. The molecule has 0 saturated heterocycles. The number of anilines is 1. The second-order valence-corrected chi connectivity index (χ2v) is 8.48. The molecule has 5 rings (SSSR count). The van der Waals surface area contributed by atoms with Gasteiger partial charge in [-0.25, -0.2) is 13.4 Å². The number of rotatable bonds is 5. The van der Waals surface area contributed by atoms with E-state index >= 15 is 0 Å². The van der Waals surface area contributed by atoms with E-state index in [1.807, 2.05) is 30.3 Å². The summed E-state index contributed by atoms with van der Waals surface area (Å²) in [6.45, 7) is 0. The number of sulfonamides is 1. The molecule has 140 valence electrons. The van der Waals surface area contributed by atoms with Crippen molar-refractivity contribution >= 4 is 21.5 Å². The van der Waals surface area contributed by atoms with E-state index in [0.717, 1.165) is 24.0 Å². The molecule has 1 N–H and O–H groups in total. The number of aromatic nitrogens is 4. The highest BCUT2D eigenvalue weighted by Gasteiger charge is 2.29. The molecular formula is C20H17N5O2S. The van der Waals surface area contributed by atoms with E-state index in [0.29, 0.717) is 23.1 Å². The van der Waals surface area contributed by atoms with Gasteiger partial charge in [-0.05, 0) is 30.9 Å². The zero-order valence-corrected chi connectivity index (χ0v) is 15.7. The molecule has 8 heteroatoms. The van der Waals surface area contributed by atoms with Gasteiger partial charge >= 0.3 is 0 Å². The van der Waals surface area contributed by atoms with Gasteiger partial charge in [-0.1, -0.05) is 30.3 Å². The summed E-state index contributed by atoms with van der Waals surface area (Å²) in [7, 11) is -3.80. The van der Waals surface area contributed by atoms with Gasteiger partial charge in [0.05, 0.1) is 11.9 Å². The van der Waals surface area contributed by atoms with E-state index in [1.165, 1.54) is 18.5 Å². The molecule has 0 bridgehead atoms. The Bertz CT molecular complexity index is 1250. The summed E-state index contributed by atoms with van der Waals surface area (Å²) in [5.74, 6) is 0.790. The molecule has 0 unspecified atom stereocenters. The minimum atomic E-state index is -3.80. The topological polar surface area (TPSA) is 89.2 Å². The summed E-state index contributed by atoms with van der Waals surface area (Å²) in [4.78, 5) is 8.78. The molecule has 0 aliphatic heterocycles. The second-order valence-electron chi connectivity index (χ2n) is 6.80. The molecular weight excluding hydrogens is 374 g/mol. The molecule has 1 aromatic carbocycles. The number of hydrogen-bond donors (Lipinski definition) is 1. The minimum absolute atomic E-state index is 0.0933. The lowest BCUT2D eigenvalue weighted by atomic mass is 10.1. The van der Waals surface area contributed by atoms with Crippen LogP contribution in [0.25, 0.3) is 16.9 Å². The lowest BCUT2D eigenvalue weighted by Gasteiger charge is -2.12. The zero-order valence-electron chi connectivity index (χ0n) is 14.9. The van der Waals surface area contributed by atoms with Crippen molar-refractivity contribution in [3.8, 4) is 11.3 Å². The molecule has 28 heavy (non-hydrogen) atoms. The number of nitrogens with zero attached hydrogens (tertiary/aromatic N) is 4. The molecule has 3 aromatic heterocycles. The molecule has 0 amide bonds. The van der Waals surface area contributed by atoms with Crippen molar-refractivity contribution in [3.05, 3.63) is 72.7 Å². The van der Waals surface area contributed by atoms with Gasteiger partial charge in [0.25, 0.3) is 10.0 Å². The fraction of sp³-hybridized carbons (Fsp3) is 0.150. The van der Waals surface area contributed by atoms with E-state index in [1.54, 1.807) is 22.8 Å². The highest BCUT2D eigenvalue weighted by atomic mass is 32.2. The number of benzene rings is 1. The highest BCUT2D eigenvalue weighted by Crippen LogP contribution is 2.42. The zero-order chi connectivity index (χ0) is 19.1. The Morgan fingerprint density at radius 2 is 1.86 bits per heavy atom. The molecule has 3 heterocycles. The van der Waals surface area contributed by atoms with Crippen LogP contribution < -0.4 is 4.72 Å². The van der Waals surface area contributed by atoms with Crippen LogP contribution in [0, 0.1) is 0 Å². The van der Waals surface area contributed by atoms with E-state index in [4.69, 9.17) is 4.98 Å². The Labute approximate surface area is 162 Å². The summed E-state index contributed by atoms with van der Waals surface area (Å²) >= 11 is 0. The largest absolute Gasteiger partial charge is 0.264 e. The van der Waals surface area contributed by atoms with Gasteiger partial charge in [-0.2, -0.15) is 9.61 Å². The van der Waals surface area contributed by atoms with Crippen LogP contribution in [0.5, 0.6) is 0 Å². The molecule has 7 nitrogen and oxygen atoms in total. The van der Waals surface area contributed by atoms with Crippen molar-refractivity contribution < 1.29 is 8.42 Å². The average molecular weight is 391 g/mol. The molecule has 1 aliphatic carbocycles. The second kappa shape index (κ2) is 6.42. The van der Waals surface area contributed by atoms with Crippen LogP contribution >= 0.6 is 0 Å². The molecule has 0 radical (unpaired) electrons. The van der Waals surface area contributed by atoms with Crippen LogP contribution in [0.3, 0.4) is 0 Å². The first kappa shape index (κ1) is 16.9. The average Bonchev–Trinajstić information content (AvgIpc) is 3.48. The first-order valence-electron chi connectivity index (χ1n) is 8.99. The van der Waals surface area contributed by atoms with E-state index in [9.17, 15) is 8.42 Å². The van der Waals surface area contributed by atoms with Crippen molar-refractivity contribution in [3.63, 3.8) is 0 Å². The summed E-state index contributed by atoms with van der Waals surface area (Å²) in [6.07, 6.45) is 6.85. The van der Waals surface area contributed by atoms with Crippen LogP contribution in [-0.2, 0) is 10.0 Å². The monoisotopic (exact) mass is 391 g/mol. The third-order valence-electron chi connectivity index (χ3n) is 4.77. The van der Waals surface area contributed by atoms with Crippen LogP contribution in [0.1, 0.15) is 24.3 Å². The van der Waals surface area contributed by atoms with Crippen molar-refractivity contribution in [2.24, 2.45) is 0 Å². The lowest BCUT2D eigenvalue weighted by Crippen LogP contribution is -2.16. The first-order chi connectivity index (χ1) is 13.6. The molecule has 1 aliphatic rings. The van der Waals surface area contributed by atoms with Crippen LogP contribution in [0.4, 0.5) is 5.82 Å². The molecule has 0 spiro atoms. The predicted molar refractivity (Wildman–Crippen MR) is 105 cm³/mol. The maximum atomic E-state index is 12.8. The Hall–Kier alpha value is -3.26. The van der Waals surface area contributed by atoms with Gasteiger partial charge in [0.2, 0.25) is 0 Å². The van der Waals surface area contributed by atoms with Gasteiger partial charge < -0.3 is 0 Å². The van der Waals surface area contributed by atoms with Gasteiger partial charge in [-0.15, -0.1) is 0 Å².